The average molecular weight is 273 g/mol. The minimum absolute atomic E-state index is 0.494. The second-order valence-corrected chi connectivity index (χ2v) is 5.77. The number of hydrogen-bond donors (Lipinski definition) is 0. The van der Waals surface area contributed by atoms with E-state index in [4.69, 9.17) is 0 Å². The summed E-state index contributed by atoms with van der Waals surface area (Å²) in [5, 5.41) is 1.08. The monoisotopic (exact) mass is 274 g/mol. The van der Waals surface area contributed by atoms with Gasteiger partial charge >= 0.3 is 103 Å². The van der Waals surface area contributed by atoms with Crippen molar-refractivity contribution >= 4 is 25.0 Å². The molecule has 2 rings (SSSR count). The summed E-state index contributed by atoms with van der Waals surface area (Å²) in [5.41, 5.74) is 2.50. The van der Waals surface area contributed by atoms with Crippen LogP contribution < -0.4 is 4.46 Å². The second-order valence-electron chi connectivity index (χ2n) is 3.57. The molecule has 0 fully saturated rings. The van der Waals surface area contributed by atoms with Gasteiger partial charge < -0.3 is 0 Å². The van der Waals surface area contributed by atoms with Crippen molar-refractivity contribution in [2.24, 2.45) is 0 Å². The van der Waals surface area contributed by atoms with Gasteiger partial charge in [-0.1, -0.05) is 0 Å². The fraction of sp³-hybridized carbons (Fsp3) is 0.0667. The molecule has 16 heavy (non-hydrogen) atoms. The first-order valence-corrected chi connectivity index (χ1v) is 7.34. The predicted molar refractivity (Wildman–Crippen MR) is 72.1 cm³/mol. The molecule has 1 heteroatoms. The van der Waals surface area contributed by atoms with Crippen LogP contribution in [0.25, 0.3) is 5.57 Å². The Morgan fingerprint density at radius 1 is 0.875 bits per heavy atom. The summed E-state index contributed by atoms with van der Waals surface area (Å²) in [6, 6.07) is 21.1. The molecule has 0 aromatic heterocycles. The number of allylic oxidation sites excluding steroid dienone is 1. The molecule has 0 bridgehead atoms. The second kappa shape index (κ2) is 5.69. The Morgan fingerprint density at radius 2 is 1.44 bits per heavy atom. The number of hydrogen-bond acceptors (Lipinski definition) is 0. The van der Waals surface area contributed by atoms with Crippen molar-refractivity contribution in [3.8, 4) is 0 Å². The Morgan fingerprint density at radius 3 is 2.06 bits per heavy atom. The van der Waals surface area contributed by atoms with Gasteiger partial charge in [-0.2, -0.15) is 0 Å². The Labute approximate surface area is 103 Å². The molecule has 80 valence electrons. The Bertz CT molecular complexity index is 445. The molecule has 0 aliphatic rings. The third-order valence-electron chi connectivity index (χ3n) is 2.34. The predicted octanol–water partition coefficient (Wildman–Crippen LogP) is 3.15. The summed E-state index contributed by atoms with van der Waals surface area (Å²) < 4.78 is 1.44. The van der Waals surface area contributed by atoms with Crippen LogP contribution in [0.3, 0.4) is 0 Å². The summed E-state index contributed by atoms with van der Waals surface area (Å²) in [4.78, 5) is 0. The molecule has 0 aliphatic heterocycles. The summed E-state index contributed by atoms with van der Waals surface area (Å²) >= 11 is 0.494. The van der Waals surface area contributed by atoms with Gasteiger partial charge in [-0.3, -0.25) is 0 Å². The quantitative estimate of drug-likeness (QED) is 0.751. The van der Waals surface area contributed by atoms with Crippen molar-refractivity contribution < 1.29 is 0 Å². The van der Waals surface area contributed by atoms with Crippen LogP contribution in [0, 0.1) is 0 Å². The van der Waals surface area contributed by atoms with E-state index in [1.165, 1.54) is 15.6 Å². The van der Waals surface area contributed by atoms with E-state index in [9.17, 15) is 0 Å². The standard InChI is InChI=1S/C15H14Se/c1-13(14-8-4-2-5-9-14)12-16-15-10-6-3-7-11-15/h2-11H,1,12H2. The normalized spacial score (nSPS) is 10.0. The molecule has 0 radical (unpaired) electrons. The van der Waals surface area contributed by atoms with Crippen LogP contribution in [0.2, 0.25) is 5.32 Å². The van der Waals surface area contributed by atoms with Crippen LogP contribution in [0.15, 0.2) is 67.2 Å². The minimum atomic E-state index is 0.494. The van der Waals surface area contributed by atoms with Crippen LogP contribution in [0.5, 0.6) is 0 Å². The van der Waals surface area contributed by atoms with E-state index in [1.54, 1.807) is 0 Å². The first-order chi connectivity index (χ1) is 7.86. The van der Waals surface area contributed by atoms with Gasteiger partial charge in [0.25, 0.3) is 0 Å². The molecule has 0 spiro atoms. The molecule has 0 unspecified atom stereocenters. The zero-order chi connectivity index (χ0) is 11.2. The first-order valence-electron chi connectivity index (χ1n) is 5.27. The van der Waals surface area contributed by atoms with Gasteiger partial charge in [-0.25, -0.2) is 0 Å². The molecule has 0 N–H and O–H groups in total. The summed E-state index contributed by atoms with van der Waals surface area (Å²) in [7, 11) is 0. The zero-order valence-electron chi connectivity index (χ0n) is 9.10. The van der Waals surface area contributed by atoms with Gasteiger partial charge in [0.05, 0.1) is 0 Å². The molecule has 0 aliphatic carbocycles. The van der Waals surface area contributed by atoms with Crippen molar-refractivity contribution in [2.45, 2.75) is 5.32 Å². The van der Waals surface area contributed by atoms with Crippen molar-refractivity contribution in [3.63, 3.8) is 0 Å². The molecule has 0 saturated carbocycles. The summed E-state index contributed by atoms with van der Waals surface area (Å²) in [6.07, 6.45) is 0. The SMILES string of the molecule is C=C(C[Se]c1ccccc1)c1ccccc1. The molecule has 2 aromatic rings. The maximum absolute atomic E-state index is 4.16. The van der Waals surface area contributed by atoms with Gasteiger partial charge in [0.15, 0.2) is 0 Å². The maximum atomic E-state index is 4.16. The third kappa shape index (κ3) is 3.09. The van der Waals surface area contributed by atoms with Crippen molar-refractivity contribution in [2.75, 3.05) is 0 Å². The van der Waals surface area contributed by atoms with Gasteiger partial charge in [-0.15, -0.1) is 0 Å². The van der Waals surface area contributed by atoms with E-state index >= 15 is 0 Å². The van der Waals surface area contributed by atoms with Crippen molar-refractivity contribution in [3.05, 3.63) is 72.8 Å². The van der Waals surface area contributed by atoms with Crippen LogP contribution in [0.4, 0.5) is 0 Å². The van der Waals surface area contributed by atoms with Crippen molar-refractivity contribution in [1.29, 1.82) is 0 Å². The van der Waals surface area contributed by atoms with E-state index in [0.29, 0.717) is 15.0 Å². The van der Waals surface area contributed by atoms with Gasteiger partial charge in [0.2, 0.25) is 0 Å². The molecule has 2 aromatic carbocycles. The number of benzene rings is 2. The van der Waals surface area contributed by atoms with E-state index in [2.05, 4.69) is 61.2 Å². The van der Waals surface area contributed by atoms with Crippen molar-refractivity contribution in [1.82, 2.24) is 0 Å². The fourth-order valence-electron chi connectivity index (χ4n) is 1.44. The van der Waals surface area contributed by atoms with E-state index in [-0.39, 0.29) is 0 Å². The molecular formula is C15H14Se. The summed E-state index contributed by atoms with van der Waals surface area (Å²) in [6.45, 7) is 4.16. The number of rotatable bonds is 4. The average Bonchev–Trinajstić information content (AvgIpc) is 2.38. The van der Waals surface area contributed by atoms with Crippen LogP contribution >= 0.6 is 0 Å². The molecule has 0 saturated heterocycles. The van der Waals surface area contributed by atoms with Crippen LogP contribution in [-0.2, 0) is 0 Å². The topological polar surface area (TPSA) is 0 Å². The van der Waals surface area contributed by atoms with Crippen LogP contribution in [-0.4, -0.2) is 15.0 Å². The van der Waals surface area contributed by atoms with E-state index in [1.807, 2.05) is 6.07 Å². The molecular weight excluding hydrogens is 259 g/mol. The zero-order valence-corrected chi connectivity index (χ0v) is 10.8. The van der Waals surface area contributed by atoms with Gasteiger partial charge in [-0.05, 0) is 0 Å². The fourth-order valence-corrected chi connectivity index (χ4v) is 3.24. The van der Waals surface area contributed by atoms with Gasteiger partial charge in [0, 0.05) is 0 Å². The molecule has 0 amide bonds. The Balaban J connectivity index is 1.95. The van der Waals surface area contributed by atoms with Gasteiger partial charge in [0.1, 0.15) is 0 Å². The molecule has 0 heterocycles. The summed E-state index contributed by atoms with van der Waals surface area (Å²) in [5.74, 6) is 0. The third-order valence-corrected chi connectivity index (χ3v) is 4.64. The van der Waals surface area contributed by atoms with E-state index in [0.717, 1.165) is 5.32 Å². The van der Waals surface area contributed by atoms with Crippen LogP contribution in [0.1, 0.15) is 5.56 Å². The Kier molecular flexibility index (Phi) is 3.98. The van der Waals surface area contributed by atoms with E-state index < -0.39 is 0 Å². The molecule has 0 nitrogen and oxygen atoms in total. The first kappa shape index (κ1) is 11.2. The molecule has 0 atom stereocenters. The Hall–Kier alpha value is -1.30.